The van der Waals surface area contributed by atoms with E-state index in [-0.39, 0.29) is 11.8 Å². The first-order chi connectivity index (χ1) is 11.0. The van der Waals surface area contributed by atoms with Gasteiger partial charge in [-0.3, -0.25) is 14.5 Å². The third kappa shape index (κ3) is 4.71. The van der Waals surface area contributed by atoms with Gasteiger partial charge < -0.3 is 15.5 Å². The maximum Gasteiger partial charge on any atom is 0.222 e. The molecule has 2 rings (SSSR count). The summed E-state index contributed by atoms with van der Waals surface area (Å²) in [5.41, 5.74) is 1.29. The van der Waals surface area contributed by atoms with E-state index in [2.05, 4.69) is 31.8 Å². The van der Waals surface area contributed by atoms with Gasteiger partial charge in [-0.25, -0.2) is 0 Å². The lowest BCUT2D eigenvalue weighted by molar-refractivity contribution is -0.123. The number of guanidine groups is 1. The summed E-state index contributed by atoms with van der Waals surface area (Å²) in [6, 6.07) is 0. The van der Waals surface area contributed by atoms with Gasteiger partial charge in [0.15, 0.2) is 5.96 Å². The van der Waals surface area contributed by atoms with Gasteiger partial charge in [0.25, 0.3) is 0 Å². The number of nitrogens with one attached hydrogen (secondary N) is 2. The summed E-state index contributed by atoms with van der Waals surface area (Å²) in [7, 11) is 3.74. The Labute approximate surface area is 138 Å². The largest absolute Gasteiger partial charge is 0.354 e. The molecular formula is C16H28N6O. The molecule has 23 heavy (non-hydrogen) atoms. The highest BCUT2D eigenvalue weighted by Gasteiger charge is 2.26. The Kier molecular flexibility index (Phi) is 6.01. The van der Waals surface area contributed by atoms with E-state index < -0.39 is 0 Å². The molecule has 0 saturated carbocycles. The van der Waals surface area contributed by atoms with E-state index in [4.69, 9.17) is 0 Å². The van der Waals surface area contributed by atoms with E-state index in [0.29, 0.717) is 19.0 Å². The number of amides is 1. The van der Waals surface area contributed by atoms with E-state index in [1.807, 2.05) is 31.8 Å². The van der Waals surface area contributed by atoms with Gasteiger partial charge in [0.2, 0.25) is 5.91 Å². The van der Waals surface area contributed by atoms with Crippen LogP contribution in [0.15, 0.2) is 17.4 Å². The first-order valence-electron chi connectivity index (χ1n) is 8.23. The number of carbonyl (C=O) groups excluding carboxylic acids is 1. The average molecular weight is 320 g/mol. The van der Waals surface area contributed by atoms with Crippen molar-refractivity contribution >= 4 is 11.9 Å². The summed E-state index contributed by atoms with van der Waals surface area (Å²) in [4.78, 5) is 18.1. The summed E-state index contributed by atoms with van der Waals surface area (Å²) in [5.74, 6) is 1.51. The molecule has 0 aliphatic carbocycles. The molecule has 1 fully saturated rings. The molecule has 7 heteroatoms. The number of aliphatic imine (C=N–C) groups is 1. The molecule has 1 unspecified atom stereocenters. The minimum absolute atomic E-state index is 0.0214. The topological polar surface area (TPSA) is 74.6 Å². The molecule has 1 aliphatic rings. The molecule has 1 saturated heterocycles. The second-order valence-corrected chi connectivity index (χ2v) is 6.30. The van der Waals surface area contributed by atoms with Crippen molar-refractivity contribution in [3.63, 3.8) is 0 Å². The monoisotopic (exact) mass is 320 g/mol. The third-order valence-corrected chi connectivity index (χ3v) is 4.13. The molecule has 7 nitrogen and oxygen atoms in total. The molecule has 1 atom stereocenters. The van der Waals surface area contributed by atoms with E-state index in [1.54, 1.807) is 7.05 Å². The molecular weight excluding hydrogens is 292 g/mol. The van der Waals surface area contributed by atoms with Crippen molar-refractivity contribution in [1.29, 1.82) is 0 Å². The van der Waals surface area contributed by atoms with Crippen LogP contribution in [0.4, 0.5) is 0 Å². The normalized spacial score (nSPS) is 18.6. The van der Waals surface area contributed by atoms with Crippen molar-refractivity contribution in [1.82, 2.24) is 25.3 Å². The van der Waals surface area contributed by atoms with Gasteiger partial charge in [0.1, 0.15) is 0 Å². The Morgan fingerprint density at radius 3 is 2.78 bits per heavy atom. The van der Waals surface area contributed by atoms with Gasteiger partial charge in [-0.1, -0.05) is 13.8 Å². The highest BCUT2D eigenvalue weighted by atomic mass is 16.1. The molecule has 0 bridgehead atoms. The Morgan fingerprint density at radius 2 is 2.17 bits per heavy atom. The zero-order chi connectivity index (χ0) is 16.8. The van der Waals surface area contributed by atoms with Gasteiger partial charge in [-0.05, 0) is 12.0 Å². The zero-order valence-electron chi connectivity index (χ0n) is 14.5. The van der Waals surface area contributed by atoms with E-state index in [1.165, 1.54) is 5.56 Å². The van der Waals surface area contributed by atoms with Crippen molar-refractivity contribution in [3.05, 3.63) is 18.0 Å². The predicted molar refractivity (Wildman–Crippen MR) is 91.3 cm³/mol. The number of nitrogens with zero attached hydrogens (tertiary/aromatic N) is 4. The molecule has 1 amide bonds. The SMILES string of the molecule is CN=C(NCCNC(=O)C(C)C)N1CCC(c2cnn(C)c2)C1. The van der Waals surface area contributed by atoms with Crippen molar-refractivity contribution in [3.8, 4) is 0 Å². The smallest absolute Gasteiger partial charge is 0.222 e. The van der Waals surface area contributed by atoms with Crippen LogP contribution in [0, 0.1) is 5.92 Å². The van der Waals surface area contributed by atoms with Crippen LogP contribution in [-0.4, -0.2) is 59.8 Å². The van der Waals surface area contributed by atoms with Crippen LogP contribution >= 0.6 is 0 Å². The summed E-state index contributed by atoms with van der Waals surface area (Å²) < 4.78 is 1.85. The molecule has 1 aromatic rings. The van der Waals surface area contributed by atoms with Gasteiger partial charge >= 0.3 is 0 Å². The number of aryl methyl sites for hydroxylation is 1. The van der Waals surface area contributed by atoms with E-state index in [0.717, 1.165) is 25.5 Å². The van der Waals surface area contributed by atoms with Crippen molar-refractivity contribution in [2.24, 2.45) is 18.0 Å². The van der Waals surface area contributed by atoms with Crippen molar-refractivity contribution in [2.75, 3.05) is 33.2 Å². The molecule has 0 aromatic carbocycles. The lowest BCUT2D eigenvalue weighted by Crippen LogP contribution is -2.43. The minimum atomic E-state index is 0.0214. The standard InChI is InChI=1S/C16H28N6O/c1-12(2)15(23)18-6-7-19-16(17-3)22-8-5-13(11-22)14-9-20-21(4)10-14/h9-10,12-13H,5-8,11H2,1-4H3,(H,17,19)(H,18,23). The number of hydrogen-bond donors (Lipinski definition) is 2. The number of hydrogen-bond acceptors (Lipinski definition) is 3. The number of carbonyl (C=O) groups is 1. The molecule has 1 aromatic heterocycles. The van der Waals surface area contributed by atoms with Crippen molar-refractivity contribution < 1.29 is 4.79 Å². The second kappa shape index (κ2) is 7.99. The lowest BCUT2D eigenvalue weighted by Gasteiger charge is -2.21. The molecule has 0 radical (unpaired) electrons. The molecule has 0 spiro atoms. The number of aromatic nitrogens is 2. The van der Waals surface area contributed by atoms with E-state index >= 15 is 0 Å². The fraction of sp³-hybridized carbons (Fsp3) is 0.688. The minimum Gasteiger partial charge on any atom is -0.354 e. The summed E-state index contributed by atoms with van der Waals surface area (Å²) in [6.07, 6.45) is 5.15. The van der Waals surface area contributed by atoms with Gasteiger partial charge in [-0.2, -0.15) is 5.10 Å². The Balaban J connectivity index is 1.77. The lowest BCUT2D eigenvalue weighted by atomic mass is 10.0. The van der Waals surface area contributed by atoms with Crippen LogP contribution in [0.2, 0.25) is 0 Å². The Hall–Kier alpha value is -2.05. The highest BCUT2D eigenvalue weighted by Crippen LogP contribution is 2.26. The van der Waals surface area contributed by atoms with Crippen LogP contribution in [-0.2, 0) is 11.8 Å². The second-order valence-electron chi connectivity index (χ2n) is 6.30. The van der Waals surface area contributed by atoms with Crippen LogP contribution < -0.4 is 10.6 Å². The fourth-order valence-corrected chi connectivity index (χ4v) is 2.77. The number of rotatable bonds is 5. The highest BCUT2D eigenvalue weighted by molar-refractivity contribution is 5.80. The van der Waals surface area contributed by atoms with E-state index in [9.17, 15) is 4.79 Å². The molecule has 128 valence electrons. The summed E-state index contributed by atoms with van der Waals surface area (Å²) in [6.45, 7) is 7.01. The first-order valence-corrected chi connectivity index (χ1v) is 8.23. The molecule has 1 aliphatic heterocycles. The maximum atomic E-state index is 11.5. The molecule has 2 heterocycles. The van der Waals surface area contributed by atoms with Gasteiger partial charge in [-0.15, -0.1) is 0 Å². The quantitative estimate of drug-likeness (QED) is 0.472. The maximum absolute atomic E-state index is 11.5. The van der Waals surface area contributed by atoms with Gasteiger partial charge in [0, 0.05) is 58.3 Å². The zero-order valence-corrected chi connectivity index (χ0v) is 14.5. The average Bonchev–Trinajstić information content (AvgIpc) is 3.15. The van der Waals surface area contributed by atoms with Crippen LogP contribution in [0.3, 0.4) is 0 Å². The predicted octanol–water partition coefficient (Wildman–Crippen LogP) is 0.557. The summed E-state index contributed by atoms with van der Waals surface area (Å²) in [5, 5.41) is 10.5. The Bertz CT molecular complexity index is 551. The van der Waals surface area contributed by atoms with Crippen LogP contribution in [0.5, 0.6) is 0 Å². The van der Waals surface area contributed by atoms with Crippen molar-refractivity contribution in [2.45, 2.75) is 26.2 Å². The Morgan fingerprint density at radius 1 is 1.43 bits per heavy atom. The number of likely N-dealkylation sites (tertiary alicyclic amines) is 1. The fourth-order valence-electron chi connectivity index (χ4n) is 2.77. The molecule has 2 N–H and O–H groups in total. The summed E-state index contributed by atoms with van der Waals surface area (Å²) >= 11 is 0. The van der Waals surface area contributed by atoms with Gasteiger partial charge in [0.05, 0.1) is 6.20 Å². The van der Waals surface area contributed by atoms with Crippen LogP contribution in [0.25, 0.3) is 0 Å². The van der Waals surface area contributed by atoms with Crippen LogP contribution in [0.1, 0.15) is 31.7 Å². The first kappa shape index (κ1) is 17.3. The third-order valence-electron chi connectivity index (χ3n) is 4.13.